The lowest BCUT2D eigenvalue weighted by molar-refractivity contribution is -0.134. The summed E-state index contributed by atoms with van der Waals surface area (Å²) in [5.74, 6) is -1.82. The first kappa shape index (κ1) is 12.7. The Morgan fingerprint density at radius 3 is 2.63 bits per heavy atom. The molecule has 0 bridgehead atoms. The number of hydrogen-bond acceptors (Lipinski definition) is 5. The van der Waals surface area contributed by atoms with Gasteiger partial charge in [0, 0.05) is 12.6 Å². The number of rotatable bonds is 2. The van der Waals surface area contributed by atoms with Gasteiger partial charge in [-0.15, -0.1) is 0 Å². The van der Waals surface area contributed by atoms with Gasteiger partial charge in [0.05, 0.1) is 0 Å². The number of imide groups is 1. The van der Waals surface area contributed by atoms with Gasteiger partial charge in [-0.2, -0.15) is 0 Å². The Balaban J connectivity index is 2.13. The molecule has 0 spiro atoms. The number of hydrogen-bond donors (Lipinski definition) is 4. The largest absolute Gasteiger partial charge is 0.340 e. The van der Waals surface area contributed by atoms with E-state index in [0.717, 1.165) is 6.20 Å². The van der Waals surface area contributed by atoms with E-state index in [1.54, 1.807) is 0 Å². The second kappa shape index (κ2) is 4.88. The first-order chi connectivity index (χ1) is 8.97. The van der Waals surface area contributed by atoms with Crippen molar-refractivity contribution in [1.29, 1.82) is 0 Å². The van der Waals surface area contributed by atoms with Gasteiger partial charge in [0.15, 0.2) is 0 Å². The van der Waals surface area contributed by atoms with E-state index in [2.05, 4.69) is 15.6 Å². The summed E-state index contributed by atoms with van der Waals surface area (Å²) in [5, 5.41) is 4.39. The maximum absolute atomic E-state index is 11.8. The van der Waals surface area contributed by atoms with Crippen molar-refractivity contribution in [2.75, 3.05) is 0 Å². The monoisotopic (exact) mass is 266 g/mol. The number of nitrogens with one attached hydrogen (secondary N) is 4. The van der Waals surface area contributed by atoms with Crippen LogP contribution in [-0.2, 0) is 9.59 Å². The predicted octanol–water partition coefficient (Wildman–Crippen LogP) is -2.40. The zero-order valence-corrected chi connectivity index (χ0v) is 9.61. The molecule has 0 saturated carbocycles. The molecule has 2 rings (SSSR count). The summed E-state index contributed by atoms with van der Waals surface area (Å²) in [6.45, 7) is 0. The molecule has 1 aromatic rings. The minimum atomic E-state index is -0.878. The van der Waals surface area contributed by atoms with Gasteiger partial charge in [-0.3, -0.25) is 29.5 Å². The molecule has 0 aromatic carbocycles. The molecular formula is C10H10N4O5. The number of aromatic nitrogens is 2. The van der Waals surface area contributed by atoms with Crippen molar-refractivity contribution < 1.29 is 14.4 Å². The molecule has 0 radical (unpaired) electrons. The minimum absolute atomic E-state index is 0.110. The quantitative estimate of drug-likeness (QED) is 0.441. The van der Waals surface area contributed by atoms with E-state index in [1.807, 2.05) is 4.98 Å². The van der Waals surface area contributed by atoms with Crippen molar-refractivity contribution in [3.05, 3.63) is 32.6 Å². The SMILES string of the molecule is O=C1CCC(NC(=O)c2c[nH]c(=O)[nH]c2=O)C(=O)N1. The van der Waals surface area contributed by atoms with Crippen LogP contribution in [0.2, 0.25) is 0 Å². The van der Waals surface area contributed by atoms with Crippen LogP contribution in [0, 0.1) is 0 Å². The molecule has 1 saturated heterocycles. The Morgan fingerprint density at radius 1 is 1.26 bits per heavy atom. The van der Waals surface area contributed by atoms with Crippen molar-refractivity contribution in [3.63, 3.8) is 0 Å². The third-order valence-electron chi connectivity index (χ3n) is 2.61. The van der Waals surface area contributed by atoms with Crippen molar-refractivity contribution in [3.8, 4) is 0 Å². The highest BCUT2D eigenvalue weighted by atomic mass is 16.2. The summed E-state index contributed by atoms with van der Waals surface area (Å²) in [7, 11) is 0. The molecule has 19 heavy (non-hydrogen) atoms. The van der Waals surface area contributed by atoms with Gasteiger partial charge in [-0.05, 0) is 6.42 Å². The van der Waals surface area contributed by atoms with Crippen LogP contribution in [-0.4, -0.2) is 33.7 Å². The fraction of sp³-hybridized carbons (Fsp3) is 0.300. The van der Waals surface area contributed by atoms with Gasteiger partial charge < -0.3 is 10.3 Å². The smallest absolute Gasteiger partial charge is 0.325 e. The van der Waals surface area contributed by atoms with Crippen LogP contribution in [0.25, 0.3) is 0 Å². The van der Waals surface area contributed by atoms with E-state index < -0.39 is 35.0 Å². The lowest BCUT2D eigenvalue weighted by Crippen LogP contribution is -2.53. The average Bonchev–Trinajstić information content (AvgIpc) is 2.32. The van der Waals surface area contributed by atoms with Crippen LogP contribution < -0.4 is 21.9 Å². The number of amides is 3. The summed E-state index contributed by atoms with van der Waals surface area (Å²) in [6.07, 6.45) is 1.23. The number of carbonyl (C=O) groups is 3. The van der Waals surface area contributed by atoms with Crippen LogP contribution >= 0.6 is 0 Å². The van der Waals surface area contributed by atoms with Crippen LogP contribution in [0.15, 0.2) is 15.8 Å². The maximum Gasteiger partial charge on any atom is 0.325 e. The molecule has 3 amide bonds. The van der Waals surface area contributed by atoms with E-state index in [0.29, 0.717) is 0 Å². The summed E-state index contributed by atoms with van der Waals surface area (Å²) in [4.78, 5) is 60.3. The highest BCUT2D eigenvalue weighted by molar-refractivity contribution is 6.03. The molecule has 1 unspecified atom stereocenters. The third kappa shape index (κ3) is 2.76. The molecule has 2 heterocycles. The van der Waals surface area contributed by atoms with Crippen molar-refractivity contribution >= 4 is 17.7 Å². The van der Waals surface area contributed by atoms with Crippen LogP contribution in [0.3, 0.4) is 0 Å². The summed E-state index contributed by atoms with van der Waals surface area (Å²) in [6, 6.07) is -0.878. The van der Waals surface area contributed by atoms with E-state index >= 15 is 0 Å². The number of piperidine rings is 1. The fourth-order valence-electron chi connectivity index (χ4n) is 1.65. The lowest BCUT2D eigenvalue weighted by atomic mass is 10.1. The van der Waals surface area contributed by atoms with Crippen LogP contribution in [0.4, 0.5) is 0 Å². The van der Waals surface area contributed by atoms with E-state index in [4.69, 9.17) is 0 Å². The fourth-order valence-corrected chi connectivity index (χ4v) is 1.65. The second-order valence-corrected chi connectivity index (χ2v) is 3.96. The number of aromatic amines is 2. The van der Waals surface area contributed by atoms with Gasteiger partial charge in [0.1, 0.15) is 11.6 Å². The molecular weight excluding hydrogens is 256 g/mol. The highest BCUT2D eigenvalue weighted by Gasteiger charge is 2.28. The van der Waals surface area contributed by atoms with E-state index in [9.17, 15) is 24.0 Å². The molecule has 1 aliphatic rings. The Labute approximate surface area is 105 Å². The molecule has 1 atom stereocenters. The van der Waals surface area contributed by atoms with Gasteiger partial charge >= 0.3 is 5.69 Å². The first-order valence-corrected chi connectivity index (χ1v) is 5.44. The Kier molecular flexibility index (Phi) is 3.27. The van der Waals surface area contributed by atoms with Crippen molar-refractivity contribution in [2.45, 2.75) is 18.9 Å². The molecule has 1 aliphatic heterocycles. The van der Waals surface area contributed by atoms with Gasteiger partial charge in [0.25, 0.3) is 11.5 Å². The lowest BCUT2D eigenvalue weighted by Gasteiger charge is -2.21. The minimum Gasteiger partial charge on any atom is -0.340 e. The van der Waals surface area contributed by atoms with Crippen molar-refractivity contribution in [2.24, 2.45) is 0 Å². The first-order valence-electron chi connectivity index (χ1n) is 5.44. The summed E-state index contributed by atoms with van der Waals surface area (Å²) >= 11 is 0. The maximum atomic E-state index is 11.8. The molecule has 4 N–H and O–H groups in total. The van der Waals surface area contributed by atoms with Gasteiger partial charge in [-0.1, -0.05) is 0 Å². The Hall–Kier alpha value is -2.71. The topological polar surface area (TPSA) is 141 Å². The molecule has 100 valence electrons. The molecule has 0 aliphatic carbocycles. The van der Waals surface area contributed by atoms with E-state index in [1.165, 1.54) is 0 Å². The zero-order valence-electron chi connectivity index (χ0n) is 9.61. The third-order valence-corrected chi connectivity index (χ3v) is 2.61. The highest BCUT2D eigenvalue weighted by Crippen LogP contribution is 2.04. The average molecular weight is 266 g/mol. The van der Waals surface area contributed by atoms with Crippen LogP contribution in [0.1, 0.15) is 23.2 Å². The Morgan fingerprint density at radius 2 is 2.00 bits per heavy atom. The summed E-state index contributed by atoms with van der Waals surface area (Å²) < 4.78 is 0. The normalized spacial score (nSPS) is 18.8. The van der Waals surface area contributed by atoms with Crippen LogP contribution in [0.5, 0.6) is 0 Å². The predicted molar refractivity (Wildman–Crippen MR) is 61.3 cm³/mol. The number of carbonyl (C=O) groups excluding carboxylic acids is 3. The molecule has 9 heteroatoms. The molecule has 9 nitrogen and oxygen atoms in total. The molecule has 1 aromatic heterocycles. The van der Waals surface area contributed by atoms with Crippen molar-refractivity contribution in [1.82, 2.24) is 20.6 Å². The van der Waals surface area contributed by atoms with Gasteiger partial charge in [-0.25, -0.2) is 4.79 Å². The van der Waals surface area contributed by atoms with Gasteiger partial charge in [0.2, 0.25) is 11.8 Å². The summed E-state index contributed by atoms with van der Waals surface area (Å²) in [5.41, 5.74) is -1.90. The van der Waals surface area contributed by atoms with E-state index in [-0.39, 0.29) is 18.4 Å². The standard InChI is InChI=1S/C10H10N4O5/c15-6-2-1-5(9(18)13-6)12-7(16)4-3-11-10(19)14-8(4)17/h3,5H,1-2H2,(H,12,16)(H,13,15,18)(H2,11,14,17,19). The Bertz CT molecular complexity index is 658. The molecule has 1 fully saturated rings. The number of H-pyrrole nitrogens is 2. The zero-order chi connectivity index (χ0) is 14.0. The second-order valence-electron chi connectivity index (χ2n) is 3.96.